The topological polar surface area (TPSA) is 15.6 Å². The summed E-state index contributed by atoms with van der Waals surface area (Å²) in [5.41, 5.74) is 2.31. The molecule has 0 saturated carbocycles. The van der Waals surface area contributed by atoms with Gasteiger partial charge in [0.1, 0.15) is 0 Å². The summed E-state index contributed by atoms with van der Waals surface area (Å²) >= 11 is 5.44. The first-order chi connectivity index (χ1) is 10.4. The Balaban J connectivity index is 2.25. The van der Waals surface area contributed by atoms with E-state index in [9.17, 15) is 0 Å². The molecule has 1 aromatic carbocycles. The van der Waals surface area contributed by atoms with Crippen LogP contribution < -0.4 is 0 Å². The molecule has 2 nitrogen and oxygen atoms in total. The van der Waals surface area contributed by atoms with E-state index in [1.807, 2.05) is 11.8 Å². The van der Waals surface area contributed by atoms with Gasteiger partial charge in [-0.3, -0.25) is 0 Å². The lowest BCUT2D eigenvalue weighted by Crippen LogP contribution is -2.37. The maximum absolute atomic E-state index is 4.98. The van der Waals surface area contributed by atoms with Gasteiger partial charge < -0.3 is 4.90 Å². The third-order valence-electron chi connectivity index (χ3n) is 3.77. The smallest absolute Gasteiger partial charge is 0.164 e. The number of aryl methyl sites for hydroxylation is 1. The van der Waals surface area contributed by atoms with E-state index >= 15 is 0 Å². The van der Waals surface area contributed by atoms with Gasteiger partial charge in [-0.2, -0.15) is 0 Å². The van der Waals surface area contributed by atoms with Gasteiger partial charge in [-0.15, -0.1) is 0 Å². The molecule has 22 heavy (non-hydrogen) atoms. The van der Waals surface area contributed by atoms with Crippen molar-refractivity contribution in [3.8, 4) is 0 Å². The summed E-state index contributed by atoms with van der Waals surface area (Å²) in [4.78, 5) is 7.51. The first kappa shape index (κ1) is 17.9. The zero-order valence-electron chi connectivity index (χ0n) is 14.3. The first-order valence-electron chi connectivity index (χ1n) is 8.11. The molecule has 2 rings (SSSR count). The van der Waals surface area contributed by atoms with Gasteiger partial charge in [-0.1, -0.05) is 55.4 Å². The monoisotopic (exact) mass is 382 g/mol. The Hall–Kier alpha value is -0.480. The van der Waals surface area contributed by atoms with E-state index < -0.39 is 0 Å². The number of hydrogen-bond acceptors (Lipinski definition) is 2. The molecule has 0 spiro atoms. The molecule has 4 heteroatoms. The zero-order chi connectivity index (χ0) is 16.3. The summed E-state index contributed by atoms with van der Waals surface area (Å²) in [6.07, 6.45) is 1.25. The molecule has 1 saturated heterocycles. The molecule has 0 amide bonds. The van der Waals surface area contributed by atoms with Crippen molar-refractivity contribution in [2.24, 2.45) is 16.8 Å². The fourth-order valence-corrected chi connectivity index (χ4v) is 4.49. The summed E-state index contributed by atoms with van der Waals surface area (Å²) in [7, 11) is 0. The van der Waals surface area contributed by atoms with Gasteiger partial charge in [-0.25, -0.2) is 4.99 Å². The Labute approximate surface area is 147 Å². The van der Waals surface area contributed by atoms with Crippen LogP contribution in [-0.2, 0) is 0 Å². The first-order valence-corrected chi connectivity index (χ1v) is 9.89. The number of benzene rings is 1. The van der Waals surface area contributed by atoms with Crippen LogP contribution in [0.5, 0.6) is 0 Å². The highest BCUT2D eigenvalue weighted by molar-refractivity contribution is 9.10. The molecule has 0 unspecified atom stereocenters. The van der Waals surface area contributed by atoms with Crippen LogP contribution in [0.3, 0.4) is 0 Å². The SMILES string of the molecule is Cc1cc(Br)ccc1/N=C1\SC[C@H](CC(C)C)N1CC(C)C. The predicted octanol–water partition coefficient (Wildman–Crippen LogP) is 5.86. The van der Waals surface area contributed by atoms with E-state index in [1.165, 1.54) is 22.9 Å². The third kappa shape index (κ3) is 4.76. The number of halogens is 1. The van der Waals surface area contributed by atoms with E-state index in [2.05, 4.69) is 73.6 Å². The molecule has 0 bridgehead atoms. The van der Waals surface area contributed by atoms with Crippen LogP contribution >= 0.6 is 27.7 Å². The van der Waals surface area contributed by atoms with Crippen LogP contribution in [0.15, 0.2) is 27.7 Å². The Bertz CT molecular complexity index is 540. The normalized spacial score (nSPS) is 20.6. The van der Waals surface area contributed by atoms with Crippen LogP contribution in [0.2, 0.25) is 0 Å². The fraction of sp³-hybridized carbons (Fsp3) is 0.611. The summed E-state index contributed by atoms with van der Waals surface area (Å²) < 4.78 is 1.12. The third-order valence-corrected chi connectivity index (χ3v) is 5.40. The van der Waals surface area contributed by atoms with Gasteiger partial charge in [0.15, 0.2) is 5.17 Å². The average molecular weight is 383 g/mol. The second kappa shape index (κ2) is 7.87. The van der Waals surface area contributed by atoms with E-state index in [0.29, 0.717) is 12.0 Å². The Kier molecular flexibility index (Phi) is 6.39. The molecular formula is C18H27BrN2S. The largest absolute Gasteiger partial charge is 0.347 e. The van der Waals surface area contributed by atoms with Crippen LogP contribution in [0.4, 0.5) is 5.69 Å². The molecule has 1 fully saturated rings. The molecule has 1 aromatic rings. The number of hydrogen-bond donors (Lipinski definition) is 0. The maximum Gasteiger partial charge on any atom is 0.164 e. The average Bonchev–Trinajstić information content (AvgIpc) is 2.74. The summed E-state index contributed by atoms with van der Waals surface area (Å²) in [6, 6.07) is 6.94. The fourth-order valence-electron chi connectivity index (χ4n) is 2.80. The van der Waals surface area contributed by atoms with E-state index in [4.69, 9.17) is 4.99 Å². The maximum atomic E-state index is 4.98. The van der Waals surface area contributed by atoms with E-state index in [-0.39, 0.29) is 0 Å². The molecule has 1 aliphatic heterocycles. The lowest BCUT2D eigenvalue weighted by molar-refractivity contribution is 0.279. The molecule has 1 heterocycles. The van der Waals surface area contributed by atoms with Gasteiger partial charge in [0.05, 0.1) is 5.69 Å². The molecule has 0 aromatic heterocycles. The molecule has 1 atom stereocenters. The summed E-state index contributed by atoms with van der Waals surface area (Å²) in [5, 5.41) is 1.20. The molecular weight excluding hydrogens is 356 g/mol. The predicted molar refractivity (Wildman–Crippen MR) is 103 cm³/mol. The van der Waals surface area contributed by atoms with Crippen molar-refractivity contribution in [1.82, 2.24) is 4.90 Å². The van der Waals surface area contributed by atoms with Crippen molar-refractivity contribution in [2.75, 3.05) is 12.3 Å². The van der Waals surface area contributed by atoms with Gasteiger partial charge >= 0.3 is 0 Å². The quantitative estimate of drug-likeness (QED) is 0.632. The van der Waals surface area contributed by atoms with Gasteiger partial charge in [-0.05, 0) is 48.9 Å². The Morgan fingerprint density at radius 1 is 1.27 bits per heavy atom. The molecule has 0 aliphatic carbocycles. The second-order valence-electron chi connectivity index (χ2n) is 6.97. The van der Waals surface area contributed by atoms with Crippen molar-refractivity contribution < 1.29 is 0 Å². The highest BCUT2D eigenvalue weighted by atomic mass is 79.9. The minimum absolute atomic E-state index is 0.627. The number of rotatable bonds is 5. The second-order valence-corrected chi connectivity index (χ2v) is 8.87. The molecule has 0 radical (unpaired) electrons. The molecule has 1 aliphatic rings. The standard InChI is InChI=1S/C18H27BrN2S/c1-12(2)8-16-11-22-18(21(16)10-13(3)4)20-17-7-6-15(19)9-14(17)5/h6-7,9,12-13,16H,8,10-11H2,1-5H3/b20-18-/t16-/m0/s1. The van der Waals surface area contributed by atoms with Gasteiger partial charge in [0, 0.05) is 22.8 Å². The van der Waals surface area contributed by atoms with Gasteiger partial charge in [0.25, 0.3) is 0 Å². The molecule has 0 N–H and O–H groups in total. The van der Waals surface area contributed by atoms with Crippen molar-refractivity contribution in [3.05, 3.63) is 28.2 Å². The highest BCUT2D eigenvalue weighted by Gasteiger charge is 2.31. The minimum Gasteiger partial charge on any atom is -0.347 e. The van der Waals surface area contributed by atoms with Crippen LogP contribution in [0, 0.1) is 18.8 Å². The van der Waals surface area contributed by atoms with Crippen LogP contribution in [0.1, 0.15) is 39.7 Å². The number of amidine groups is 1. The number of nitrogens with zero attached hydrogens (tertiary/aromatic N) is 2. The van der Waals surface area contributed by atoms with E-state index in [1.54, 1.807) is 0 Å². The van der Waals surface area contributed by atoms with Crippen molar-refractivity contribution in [2.45, 2.75) is 47.1 Å². The molecule has 122 valence electrons. The zero-order valence-corrected chi connectivity index (χ0v) is 16.7. The van der Waals surface area contributed by atoms with Crippen LogP contribution in [0.25, 0.3) is 0 Å². The Morgan fingerprint density at radius 3 is 2.59 bits per heavy atom. The van der Waals surface area contributed by atoms with Crippen molar-refractivity contribution in [3.63, 3.8) is 0 Å². The van der Waals surface area contributed by atoms with Crippen molar-refractivity contribution in [1.29, 1.82) is 0 Å². The van der Waals surface area contributed by atoms with Crippen molar-refractivity contribution >= 4 is 38.5 Å². The lowest BCUT2D eigenvalue weighted by Gasteiger charge is -2.29. The highest BCUT2D eigenvalue weighted by Crippen LogP contribution is 2.32. The van der Waals surface area contributed by atoms with Crippen LogP contribution in [-0.4, -0.2) is 28.4 Å². The van der Waals surface area contributed by atoms with E-state index in [0.717, 1.165) is 22.6 Å². The van der Waals surface area contributed by atoms with Gasteiger partial charge in [0.2, 0.25) is 0 Å². The number of aliphatic imine (C=N–C) groups is 1. The number of thioether (sulfide) groups is 1. The summed E-state index contributed by atoms with van der Waals surface area (Å²) in [6.45, 7) is 12.4. The Morgan fingerprint density at radius 2 is 2.00 bits per heavy atom. The lowest BCUT2D eigenvalue weighted by atomic mass is 10.0. The minimum atomic E-state index is 0.627. The summed E-state index contributed by atoms with van der Waals surface area (Å²) in [5.74, 6) is 2.55.